The van der Waals surface area contributed by atoms with Crippen LogP contribution >= 0.6 is 11.8 Å². The molecular formula is C16H24N4O3S2. The number of amides is 1. The second-order valence-electron chi connectivity index (χ2n) is 7.08. The lowest BCUT2D eigenvalue weighted by Gasteiger charge is -2.44. The van der Waals surface area contributed by atoms with Crippen molar-refractivity contribution in [3.63, 3.8) is 0 Å². The SMILES string of the molecule is CCCN1CCN(C(=O)C2=C(C)N3CCN=C3S2)[C@H]2CS(=O)(=O)C[C@H]21. The van der Waals surface area contributed by atoms with Gasteiger partial charge in [0, 0.05) is 31.4 Å². The van der Waals surface area contributed by atoms with E-state index in [-0.39, 0.29) is 29.5 Å². The molecule has 0 spiro atoms. The van der Waals surface area contributed by atoms with E-state index in [1.165, 1.54) is 11.8 Å². The molecule has 138 valence electrons. The van der Waals surface area contributed by atoms with Crippen molar-refractivity contribution < 1.29 is 13.2 Å². The third-order valence-corrected chi connectivity index (χ3v) is 8.39. The van der Waals surface area contributed by atoms with E-state index in [2.05, 4.69) is 21.7 Å². The van der Waals surface area contributed by atoms with Gasteiger partial charge in [0.05, 0.1) is 29.0 Å². The van der Waals surface area contributed by atoms with Crippen molar-refractivity contribution in [2.24, 2.45) is 4.99 Å². The molecule has 0 saturated carbocycles. The Morgan fingerprint density at radius 1 is 1.24 bits per heavy atom. The van der Waals surface area contributed by atoms with E-state index in [9.17, 15) is 13.2 Å². The van der Waals surface area contributed by atoms with Gasteiger partial charge in [0.1, 0.15) is 0 Å². The third kappa shape index (κ3) is 2.90. The molecule has 9 heteroatoms. The van der Waals surface area contributed by atoms with E-state index in [0.717, 1.165) is 43.5 Å². The first-order valence-corrected chi connectivity index (χ1v) is 11.5. The molecule has 2 saturated heterocycles. The van der Waals surface area contributed by atoms with Crippen LogP contribution < -0.4 is 0 Å². The molecule has 0 N–H and O–H groups in total. The van der Waals surface area contributed by atoms with Crippen LogP contribution in [0.3, 0.4) is 0 Å². The number of carbonyl (C=O) groups excluding carboxylic acids is 1. The summed E-state index contributed by atoms with van der Waals surface area (Å²) in [5, 5.41) is 0.904. The molecule has 0 radical (unpaired) electrons. The Balaban J connectivity index is 1.59. The minimum atomic E-state index is -3.09. The largest absolute Gasteiger partial charge is 0.331 e. The first-order chi connectivity index (χ1) is 11.9. The highest BCUT2D eigenvalue weighted by molar-refractivity contribution is 8.18. The molecule has 2 fully saturated rings. The fourth-order valence-electron chi connectivity index (χ4n) is 4.28. The van der Waals surface area contributed by atoms with Gasteiger partial charge < -0.3 is 9.80 Å². The minimum absolute atomic E-state index is 0.0251. The number of piperazine rings is 1. The van der Waals surface area contributed by atoms with Gasteiger partial charge in [-0.25, -0.2) is 8.42 Å². The monoisotopic (exact) mass is 384 g/mol. The van der Waals surface area contributed by atoms with E-state index in [0.29, 0.717) is 11.4 Å². The van der Waals surface area contributed by atoms with Crippen LogP contribution in [0.5, 0.6) is 0 Å². The predicted molar refractivity (Wildman–Crippen MR) is 99.1 cm³/mol. The van der Waals surface area contributed by atoms with Crippen molar-refractivity contribution >= 4 is 32.7 Å². The number of thioether (sulfide) groups is 1. The van der Waals surface area contributed by atoms with Crippen molar-refractivity contribution in [2.45, 2.75) is 32.4 Å². The average molecular weight is 385 g/mol. The zero-order valence-electron chi connectivity index (χ0n) is 14.6. The number of rotatable bonds is 3. The number of carbonyl (C=O) groups is 1. The molecule has 0 bridgehead atoms. The summed E-state index contributed by atoms with van der Waals surface area (Å²) in [4.78, 5) is 24.5. The summed E-state index contributed by atoms with van der Waals surface area (Å²) in [7, 11) is -3.09. The molecule has 0 aliphatic carbocycles. The quantitative estimate of drug-likeness (QED) is 0.699. The number of allylic oxidation sites excluding steroid dienone is 1. The van der Waals surface area contributed by atoms with Crippen molar-refractivity contribution in [3.05, 3.63) is 10.6 Å². The van der Waals surface area contributed by atoms with Gasteiger partial charge in [-0.05, 0) is 31.7 Å². The maximum Gasteiger partial charge on any atom is 0.262 e. The number of amidine groups is 1. The highest BCUT2D eigenvalue weighted by atomic mass is 32.2. The summed E-state index contributed by atoms with van der Waals surface area (Å²) in [5.74, 6) is 0.236. The van der Waals surface area contributed by atoms with Crippen molar-refractivity contribution in [3.8, 4) is 0 Å². The van der Waals surface area contributed by atoms with Crippen molar-refractivity contribution in [1.82, 2.24) is 14.7 Å². The number of hydrogen-bond acceptors (Lipinski definition) is 7. The Bertz CT molecular complexity index is 761. The lowest BCUT2D eigenvalue weighted by molar-refractivity contribution is -0.132. The Hall–Kier alpha value is -1.06. The van der Waals surface area contributed by atoms with Crippen molar-refractivity contribution in [1.29, 1.82) is 0 Å². The van der Waals surface area contributed by atoms with E-state index in [4.69, 9.17) is 0 Å². The Morgan fingerprint density at radius 3 is 2.72 bits per heavy atom. The minimum Gasteiger partial charge on any atom is -0.331 e. The second-order valence-corrected chi connectivity index (χ2v) is 10.2. The second kappa shape index (κ2) is 6.28. The maximum atomic E-state index is 13.2. The summed E-state index contributed by atoms with van der Waals surface area (Å²) < 4.78 is 24.5. The van der Waals surface area contributed by atoms with Crippen LogP contribution in [0.25, 0.3) is 0 Å². The number of sulfone groups is 1. The lowest BCUT2D eigenvalue weighted by Crippen LogP contribution is -2.60. The van der Waals surface area contributed by atoms with Crippen LogP contribution in [-0.2, 0) is 14.6 Å². The van der Waals surface area contributed by atoms with Crippen LogP contribution in [0.2, 0.25) is 0 Å². The molecular weight excluding hydrogens is 360 g/mol. The molecule has 1 amide bonds. The fraction of sp³-hybridized carbons (Fsp3) is 0.750. The van der Waals surface area contributed by atoms with Gasteiger partial charge in [-0.15, -0.1) is 0 Å². The van der Waals surface area contributed by atoms with Crippen LogP contribution in [0.4, 0.5) is 0 Å². The van der Waals surface area contributed by atoms with Crippen LogP contribution in [0, 0.1) is 0 Å². The van der Waals surface area contributed by atoms with E-state index in [1.54, 1.807) is 0 Å². The van der Waals surface area contributed by atoms with Crippen LogP contribution in [0.1, 0.15) is 20.3 Å². The summed E-state index contributed by atoms with van der Waals surface area (Å²) >= 11 is 1.44. The summed E-state index contributed by atoms with van der Waals surface area (Å²) in [6, 6.07) is -0.289. The molecule has 0 unspecified atom stereocenters. The van der Waals surface area contributed by atoms with E-state index in [1.807, 2.05) is 11.8 Å². The highest BCUT2D eigenvalue weighted by Gasteiger charge is 2.49. The first kappa shape index (κ1) is 17.4. The Kier molecular flexibility index (Phi) is 4.36. The molecule has 0 aromatic rings. The van der Waals surface area contributed by atoms with Crippen molar-refractivity contribution in [2.75, 3.05) is 44.2 Å². The van der Waals surface area contributed by atoms with Crippen LogP contribution in [-0.4, -0.2) is 90.5 Å². The highest BCUT2D eigenvalue weighted by Crippen LogP contribution is 2.38. The number of hydrogen-bond donors (Lipinski definition) is 0. The Morgan fingerprint density at radius 2 is 2.00 bits per heavy atom. The molecule has 4 heterocycles. The zero-order valence-corrected chi connectivity index (χ0v) is 16.3. The summed E-state index contributed by atoms with van der Waals surface area (Å²) in [5.41, 5.74) is 0.958. The lowest BCUT2D eigenvalue weighted by atomic mass is 10.0. The van der Waals surface area contributed by atoms with E-state index >= 15 is 0 Å². The van der Waals surface area contributed by atoms with Gasteiger partial charge in [0.15, 0.2) is 15.0 Å². The van der Waals surface area contributed by atoms with Gasteiger partial charge in [0.2, 0.25) is 0 Å². The fourth-order valence-corrected chi connectivity index (χ4v) is 7.43. The topological polar surface area (TPSA) is 73.3 Å². The van der Waals surface area contributed by atoms with Crippen LogP contribution in [0.15, 0.2) is 15.6 Å². The number of nitrogens with zero attached hydrogens (tertiary/aromatic N) is 4. The summed E-state index contributed by atoms with van der Waals surface area (Å²) in [6.07, 6.45) is 0.992. The predicted octanol–water partition coefficient (Wildman–Crippen LogP) is 0.356. The van der Waals surface area contributed by atoms with Gasteiger partial charge in [-0.2, -0.15) is 0 Å². The van der Waals surface area contributed by atoms with E-state index < -0.39 is 9.84 Å². The first-order valence-electron chi connectivity index (χ1n) is 8.87. The Labute approximate surface area is 153 Å². The number of aliphatic imine (C=N–C) groups is 1. The maximum absolute atomic E-state index is 13.2. The van der Waals surface area contributed by atoms with Gasteiger partial charge >= 0.3 is 0 Å². The molecule has 4 aliphatic heterocycles. The zero-order chi connectivity index (χ0) is 17.8. The number of fused-ring (bicyclic) bond motifs is 2. The molecule has 0 aromatic heterocycles. The smallest absolute Gasteiger partial charge is 0.262 e. The molecule has 2 atom stereocenters. The molecule has 7 nitrogen and oxygen atoms in total. The van der Waals surface area contributed by atoms with Gasteiger partial charge in [-0.1, -0.05) is 6.92 Å². The summed E-state index contributed by atoms with van der Waals surface area (Å²) in [6.45, 7) is 7.91. The molecule has 0 aromatic carbocycles. The van der Waals surface area contributed by atoms with Gasteiger partial charge in [0.25, 0.3) is 5.91 Å². The molecule has 4 rings (SSSR count). The molecule has 4 aliphatic rings. The normalized spacial score (nSPS) is 31.4. The third-order valence-electron chi connectivity index (χ3n) is 5.49. The standard InChI is InChI=1S/C16H24N4O3S2/c1-3-5-18-7-8-20(13-10-25(22,23)9-12(13)18)15(21)14-11(2)19-6-4-17-16(19)24-14/h12-13H,3-10H2,1-2H3/t12-,13+/m1/s1. The average Bonchev–Trinajstić information content (AvgIpc) is 3.21. The molecule has 25 heavy (non-hydrogen) atoms. The van der Waals surface area contributed by atoms with Gasteiger partial charge in [-0.3, -0.25) is 14.7 Å².